The van der Waals surface area contributed by atoms with E-state index >= 15 is 0 Å². The van der Waals surface area contributed by atoms with Crippen molar-refractivity contribution >= 4 is 97.1 Å². The zero-order valence-electron chi connectivity index (χ0n) is 76.3. The number of aliphatic hydroxyl groups is 1. The molecule has 7 N–H and O–H groups in total. The SMILES string of the molecule is [2H]B([3H])SOCC(NC(=O)COCCOCCOCCN(CCOCCOCCOCC(=O)NCCCCCCC)C(=O)COCCOCCOCCOCC(=O)N(CCOCCOCCOCC(=O)OCC=C)CCOCCOCCOCC(=O)OCC=C)C(=O)NC(C)C(=O)NC1CCCN(C(=N)NC(=O)OCC2c3ccccc3-c3ccccc32)C1O[3H].[2H]B=S. The van der Waals surface area contributed by atoms with E-state index in [0.717, 1.165) is 54.6 Å². The molecule has 1 aliphatic carbocycles. The maximum absolute atomic E-state index is 13.6. The minimum absolute atomic E-state index is 0.000171. The number of amides is 7. The second-order valence-corrected chi connectivity index (χ2v) is 27.7. The van der Waals surface area contributed by atoms with Gasteiger partial charge in [0.25, 0.3) is 0 Å². The number of hydrogen-bond acceptors (Lipinski definition) is 33. The van der Waals surface area contributed by atoms with Crippen LogP contribution in [0.1, 0.15) is 75.8 Å². The Bertz CT molecular complexity index is 3370. The zero-order valence-corrected chi connectivity index (χ0v) is 73.9. The summed E-state index contributed by atoms with van der Waals surface area (Å²) in [5.74, 6) is -4.75. The summed E-state index contributed by atoms with van der Waals surface area (Å²) in [5.41, 5.74) is 4.11. The Labute approximate surface area is 750 Å². The van der Waals surface area contributed by atoms with Gasteiger partial charge in [-0.1, -0.05) is 118 Å². The van der Waals surface area contributed by atoms with Gasteiger partial charge in [-0.3, -0.25) is 39.5 Å². The van der Waals surface area contributed by atoms with Gasteiger partial charge >= 0.3 is 38.1 Å². The molecule has 125 heavy (non-hydrogen) atoms. The summed E-state index contributed by atoms with van der Waals surface area (Å²) >= 11 is 4.36. The fourth-order valence-corrected chi connectivity index (χ4v) is 11.9. The molecule has 0 bridgehead atoms. The average molecular weight is 1820 g/mol. The number of piperidine rings is 1. The van der Waals surface area contributed by atoms with E-state index in [1.807, 2.05) is 48.5 Å². The average Bonchev–Trinajstić information content (AvgIpc) is 1.62. The van der Waals surface area contributed by atoms with E-state index < -0.39 is 86.3 Å². The van der Waals surface area contributed by atoms with E-state index in [9.17, 15) is 43.2 Å². The number of nitrogens with one attached hydrogen (secondary N) is 6. The van der Waals surface area contributed by atoms with Gasteiger partial charge in [-0.25, -0.2) is 14.4 Å². The molecule has 1 saturated heterocycles. The van der Waals surface area contributed by atoms with Gasteiger partial charge in [0, 0.05) is 45.2 Å². The van der Waals surface area contributed by atoms with Crippen LogP contribution >= 0.6 is 23.9 Å². The molecule has 1 heterocycles. The molecule has 0 spiro atoms. The van der Waals surface area contributed by atoms with Crippen molar-refractivity contribution in [1.29, 1.82) is 10.8 Å². The molecule has 4 unspecified atom stereocenters. The van der Waals surface area contributed by atoms with Crippen molar-refractivity contribution in [3.63, 3.8) is 0 Å². The molecular formula is C82H133B2N9O30S2. The van der Waals surface area contributed by atoms with Crippen LogP contribution in [0.5, 0.6) is 0 Å². The van der Waals surface area contributed by atoms with Crippen LogP contribution in [0.4, 0.5) is 4.79 Å². The van der Waals surface area contributed by atoms with Crippen LogP contribution in [-0.4, -0.2) is 400 Å². The first-order valence-electron chi connectivity index (χ1n) is 44.0. The summed E-state index contributed by atoms with van der Waals surface area (Å²) in [6, 6.07) is 12.2. The summed E-state index contributed by atoms with van der Waals surface area (Å²) in [7, 11) is -1.48. The predicted molar refractivity (Wildman–Crippen MR) is 467 cm³/mol. The second kappa shape index (κ2) is 75.4. The molecule has 0 saturated carbocycles. The fourth-order valence-electron chi connectivity index (χ4n) is 11.6. The number of benzene rings is 2. The number of rotatable bonds is 79. The third-order valence-corrected chi connectivity index (χ3v) is 18.2. The normalized spacial score (nSPS) is 14.1. The van der Waals surface area contributed by atoms with Crippen LogP contribution in [0, 0.1) is 5.41 Å². The van der Waals surface area contributed by atoms with Crippen molar-refractivity contribution in [2.24, 2.45) is 0 Å². The van der Waals surface area contributed by atoms with Crippen molar-refractivity contribution in [1.82, 2.24) is 41.3 Å². The summed E-state index contributed by atoms with van der Waals surface area (Å²) in [4.78, 5) is 120. The number of nitrogens with zero attached hydrogens (tertiary/aromatic N) is 3. The van der Waals surface area contributed by atoms with Gasteiger partial charge in [0.05, 0.1) is 184 Å². The van der Waals surface area contributed by atoms with E-state index in [2.05, 4.69) is 58.7 Å². The Morgan fingerprint density at radius 2 is 1.00 bits per heavy atom. The minimum atomic E-state index is -1.48. The summed E-state index contributed by atoms with van der Waals surface area (Å²) in [6.45, 7) is 15.9. The van der Waals surface area contributed by atoms with E-state index in [1.54, 1.807) is 4.90 Å². The molecular weight excluding hydrogens is 1680 g/mol. The Morgan fingerprint density at radius 3 is 1.43 bits per heavy atom. The van der Waals surface area contributed by atoms with Gasteiger partial charge in [-0.2, -0.15) is 0 Å². The number of esters is 2. The molecule has 1 fully saturated rings. The quantitative estimate of drug-likeness (QED) is 0.00710. The zero-order chi connectivity index (χ0) is 93.8. The van der Waals surface area contributed by atoms with Crippen LogP contribution in [0.2, 0.25) is 0 Å². The fraction of sp³-hybridized carbons (Fsp3) is 0.683. The molecule has 1 aliphatic heterocycles. The van der Waals surface area contributed by atoms with Crippen molar-refractivity contribution in [3.8, 4) is 11.1 Å². The number of alkyl carbamates (subject to hydrolysis) is 1. The van der Waals surface area contributed by atoms with Gasteiger partial charge in [-0.15, -0.1) is 0 Å². The monoisotopic (exact) mass is 1820 g/mol. The number of carbonyl (C=O) groups is 9. The first-order valence-corrected chi connectivity index (χ1v) is 43.1. The third-order valence-electron chi connectivity index (χ3n) is 18.0. The molecule has 2 aromatic carbocycles. The maximum atomic E-state index is 13.6. The van der Waals surface area contributed by atoms with Crippen LogP contribution < -0.4 is 26.6 Å². The van der Waals surface area contributed by atoms with Gasteiger partial charge in [0.15, 0.2) is 0 Å². The van der Waals surface area contributed by atoms with Gasteiger partial charge in [0.1, 0.15) is 77.8 Å². The number of likely N-dealkylation sites (tertiary alicyclic amines) is 1. The second-order valence-electron chi connectivity index (χ2n) is 27.3. The molecule has 704 valence electrons. The molecule has 7 amide bonds. The molecule has 0 radical (unpaired) electrons. The summed E-state index contributed by atoms with van der Waals surface area (Å²) in [5, 5.41) is 26.8. The number of guanidine groups is 1. The van der Waals surface area contributed by atoms with E-state index in [0.29, 0.717) is 31.3 Å². The third kappa shape index (κ3) is 53.7. The summed E-state index contributed by atoms with van der Waals surface area (Å²) < 4.78 is 138. The standard InChI is InChI=1S/C82H132BN9O30S.BHS/c1-5-8-9-10-15-22-85-72(93)58-113-50-44-107-38-34-103-30-24-90(74(95)60-115-52-46-111-42-43-112-47-53-116-61-75(96)91(26-32-105-36-40-109-48-54-117-62-76(97)119-28-6-2)27-33-106-37-41-110-49-55-118-63-77(98)120-29-7-3)25-31-104-35-39-108-45-51-114-59-73(94)87-71(57-122-123-83)79(100)86-64(4)78(99)88-70-21-16-23-92(80(70)101)81(84)89-82(102)121-56-69-67-19-13-11-17-65(67)66-18-12-14-20-68(66)69;1-2/h6-7,11-14,17-20,64,69-71,80,101H,2-3,5,8-10,15-16,21-63,83H2,1,4H3,(H,85,93)(H,86,100)(H,87,94)(H,88,99)(H2,84,89,102);1H/i83TD,101T;1D. The number of ether oxygens (including phenoxy) is 19. The Hall–Kier alpha value is -7.60. The molecule has 4 rings (SSSR count). The van der Waals surface area contributed by atoms with E-state index in [4.69, 9.17) is 110 Å². The van der Waals surface area contributed by atoms with Crippen molar-refractivity contribution in [2.45, 2.75) is 89.1 Å². The van der Waals surface area contributed by atoms with Crippen LogP contribution in [0.15, 0.2) is 73.8 Å². The van der Waals surface area contributed by atoms with Crippen LogP contribution in [-0.2, 0) is 133 Å². The number of carbonyl (C=O) groups excluding carboxylic acids is 9. The number of unbranched alkanes of at least 4 members (excludes halogenated alkanes) is 4. The van der Waals surface area contributed by atoms with Crippen molar-refractivity contribution in [3.05, 3.63) is 85.0 Å². The van der Waals surface area contributed by atoms with Crippen molar-refractivity contribution < 1.29 is 142 Å². The Balaban J connectivity index is 0.0000141. The number of fused-ring (bicyclic) bond motifs is 3. The van der Waals surface area contributed by atoms with Gasteiger partial charge in [-0.05, 0) is 51.1 Å². The summed E-state index contributed by atoms with van der Waals surface area (Å²) in [6.07, 6.45) is 7.00. The molecule has 0 aromatic heterocycles. The first kappa shape index (κ1) is 104. The van der Waals surface area contributed by atoms with Crippen molar-refractivity contribution in [2.75, 3.05) is 277 Å². The van der Waals surface area contributed by atoms with Gasteiger partial charge in [0.2, 0.25) is 49.9 Å². The topological polar surface area (TPSA) is 452 Å². The van der Waals surface area contributed by atoms with Crippen LogP contribution in [0.25, 0.3) is 11.1 Å². The van der Waals surface area contributed by atoms with Gasteiger partial charge < -0.3 is 135 Å². The number of hydrogen-bond donors (Lipinski definition) is 7. The molecule has 2 aromatic rings. The molecule has 39 nitrogen and oxygen atoms in total. The first-order chi connectivity index (χ1) is 62.8. The van der Waals surface area contributed by atoms with E-state index in [1.165, 1.54) is 35.3 Å². The predicted octanol–water partition coefficient (Wildman–Crippen LogP) is 1.03. The Kier molecular flexibility index (Phi) is 63.0. The number of aliphatic hydroxyl groups excluding tert-OH is 1. The molecule has 43 heteroatoms. The van der Waals surface area contributed by atoms with Crippen LogP contribution in [0.3, 0.4) is 0 Å². The molecule has 2 aliphatic rings. The molecule has 4 atom stereocenters. The Morgan fingerprint density at radius 1 is 0.592 bits per heavy atom. The van der Waals surface area contributed by atoms with E-state index in [-0.39, 0.29) is 281 Å².